The summed E-state index contributed by atoms with van der Waals surface area (Å²) in [4.78, 5) is 24.6. The van der Waals surface area contributed by atoms with Gasteiger partial charge in [0.25, 0.3) is 5.91 Å². The van der Waals surface area contributed by atoms with Gasteiger partial charge in [-0.2, -0.15) is 0 Å². The number of rotatable bonds is 6. The summed E-state index contributed by atoms with van der Waals surface area (Å²) in [6.45, 7) is 0. The molecule has 0 aromatic heterocycles. The van der Waals surface area contributed by atoms with Crippen LogP contribution in [0.4, 0.5) is 10.1 Å². The SMILES string of the molecule is NC(=O)C12CC3C[C@H](C1)C(NC(=O)c1cccc([N-]S(=O)(=O)c4cccc(Cl)c4F)c1)[C@@H](C3)C2.[Na+]. The Bertz CT molecular complexity index is 1280. The summed E-state index contributed by atoms with van der Waals surface area (Å²) >= 11 is 5.70. The number of benzene rings is 2. The molecular formula is C24H24ClFN3NaO4S. The number of carbonyl (C=O) groups is 2. The van der Waals surface area contributed by atoms with Gasteiger partial charge in [-0.25, -0.2) is 12.8 Å². The van der Waals surface area contributed by atoms with E-state index in [-0.39, 0.29) is 75.5 Å². The Labute approximate surface area is 230 Å². The van der Waals surface area contributed by atoms with Gasteiger partial charge in [0.05, 0.1) is 9.92 Å². The van der Waals surface area contributed by atoms with Gasteiger partial charge < -0.3 is 15.8 Å². The van der Waals surface area contributed by atoms with E-state index in [1.165, 1.54) is 30.3 Å². The molecule has 4 aliphatic rings. The van der Waals surface area contributed by atoms with Gasteiger partial charge in [0.15, 0.2) is 5.82 Å². The Kier molecular flexibility index (Phi) is 7.30. The van der Waals surface area contributed by atoms with E-state index in [4.69, 9.17) is 17.3 Å². The quantitative estimate of drug-likeness (QED) is 0.550. The summed E-state index contributed by atoms with van der Waals surface area (Å²) < 4.78 is 43.2. The fourth-order valence-electron chi connectivity index (χ4n) is 6.37. The minimum Gasteiger partial charge on any atom is -0.573 e. The van der Waals surface area contributed by atoms with Gasteiger partial charge in [0.1, 0.15) is 10.0 Å². The van der Waals surface area contributed by atoms with E-state index in [0.29, 0.717) is 18.8 Å². The zero-order valence-corrected chi connectivity index (χ0v) is 22.8. The van der Waals surface area contributed by atoms with Crippen molar-refractivity contribution in [1.29, 1.82) is 0 Å². The molecule has 2 aromatic carbocycles. The topological polar surface area (TPSA) is 120 Å². The van der Waals surface area contributed by atoms with Crippen LogP contribution in [0.3, 0.4) is 0 Å². The van der Waals surface area contributed by atoms with Crippen molar-refractivity contribution >= 4 is 39.1 Å². The zero-order chi connectivity index (χ0) is 24.3. The van der Waals surface area contributed by atoms with Gasteiger partial charge >= 0.3 is 29.6 Å². The predicted octanol–water partition coefficient (Wildman–Crippen LogP) is 1.29. The number of carbonyl (C=O) groups excluding carboxylic acids is 2. The Balaban J connectivity index is 0.00000289. The fourth-order valence-corrected chi connectivity index (χ4v) is 7.68. The van der Waals surface area contributed by atoms with Crippen LogP contribution < -0.4 is 40.6 Å². The largest absolute Gasteiger partial charge is 1.00 e. The molecule has 2 aromatic rings. The van der Waals surface area contributed by atoms with Crippen molar-refractivity contribution in [3.63, 3.8) is 0 Å². The summed E-state index contributed by atoms with van der Waals surface area (Å²) in [6, 6.07) is 9.48. The van der Waals surface area contributed by atoms with Crippen molar-refractivity contribution in [2.75, 3.05) is 0 Å². The molecular weight excluding hydrogens is 504 g/mol. The summed E-state index contributed by atoms with van der Waals surface area (Å²) in [7, 11) is -4.37. The molecule has 0 radical (unpaired) electrons. The second-order valence-corrected chi connectivity index (χ2v) is 11.8. The molecule has 180 valence electrons. The van der Waals surface area contributed by atoms with Gasteiger partial charge in [-0.3, -0.25) is 9.59 Å². The van der Waals surface area contributed by atoms with E-state index in [2.05, 4.69) is 10.0 Å². The normalized spacial score (nSPS) is 28.7. The first-order valence-electron chi connectivity index (χ1n) is 11.2. The monoisotopic (exact) mass is 527 g/mol. The van der Waals surface area contributed by atoms with Gasteiger partial charge in [0, 0.05) is 17.0 Å². The van der Waals surface area contributed by atoms with Crippen LogP contribution in [0.25, 0.3) is 4.72 Å². The molecule has 5 atom stereocenters. The van der Waals surface area contributed by atoms with Crippen molar-refractivity contribution in [3.8, 4) is 0 Å². The van der Waals surface area contributed by atoms with Crippen LogP contribution in [-0.2, 0) is 14.8 Å². The van der Waals surface area contributed by atoms with E-state index in [0.717, 1.165) is 25.3 Å². The standard InChI is InChI=1S/C24H24ClFN3O4S.Na/c25-18-5-2-6-19(20(18)26)34(32,33)29-17-4-1-3-14(9-17)22(30)28-21-15-7-13-8-16(21)12-24(10-13,11-15)23(27)31;/h1-6,9,13,15-16,21H,7-8,10-12H2,(H2,27,31)(H,28,30);/q-1;+1/t13?,15-,16+,21?,24?;. The first-order chi connectivity index (χ1) is 16.1. The summed E-state index contributed by atoms with van der Waals surface area (Å²) in [5.74, 6) is -0.782. The third-order valence-electron chi connectivity index (χ3n) is 7.62. The molecule has 4 fully saturated rings. The second-order valence-electron chi connectivity index (χ2n) is 9.78. The Morgan fingerprint density at radius 3 is 2.40 bits per heavy atom. The van der Waals surface area contributed by atoms with Gasteiger partial charge in [-0.05, 0) is 68.1 Å². The van der Waals surface area contributed by atoms with Crippen LogP contribution >= 0.6 is 11.6 Å². The number of hydrogen-bond acceptors (Lipinski definition) is 4. The van der Waals surface area contributed by atoms with Crippen molar-refractivity contribution in [2.24, 2.45) is 28.9 Å². The molecule has 0 heterocycles. The minimum absolute atomic E-state index is 0. The molecule has 0 spiro atoms. The van der Waals surface area contributed by atoms with Crippen molar-refractivity contribution in [1.82, 2.24) is 5.32 Å². The Hall–Kier alpha value is -1.65. The second kappa shape index (κ2) is 9.67. The number of halogens is 2. The van der Waals surface area contributed by atoms with Crippen LogP contribution in [0.1, 0.15) is 42.5 Å². The van der Waals surface area contributed by atoms with Crippen molar-refractivity contribution in [3.05, 3.63) is 63.6 Å². The third-order valence-corrected chi connectivity index (χ3v) is 9.24. The van der Waals surface area contributed by atoms with E-state index in [9.17, 15) is 22.4 Å². The Morgan fingerprint density at radius 1 is 1.09 bits per heavy atom. The van der Waals surface area contributed by atoms with E-state index in [1.807, 2.05) is 0 Å². The van der Waals surface area contributed by atoms with E-state index >= 15 is 0 Å². The molecule has 3 unspecified atom stereocenters. The molecule has 0 aliphatic heterocycles. The van der Waals surface area contributed by atoms with Crippen LogP contribution in [0.5, 0.6) is 0 Å². The molecule has 4 saturated carbocycles. The number of nitrogens with one attached hydrogen (secondary N) is 1. The average molecular weight is 528 g/mol. The molecule has 3 N–H and O–H groups in total. The number of primary amides is 1. The molecule has 4 bridgehead atoms. The van der Waals surface area contributed by atoms with Crippen LogP contribution in [-0.4, -0.2) is 26.3 Å². The summed E-state index contributed by atoms with van der Waals surface area (Å²) in [5, 5.41) is 2.79. The third kappa shape index (κ3) is 4.85. The Morgan fingerprint density at radius 2 is 1.74 bits per heavy atom. The predicted molar refractivity (Wildman–Crippen MR) is 124 cm³/mol. The molecule has 6 rings (SSSR count). The molecule has 0 saturated heterocycles. The number of nitrogens with zero attached hydrogens (tertiary/aromatic N) is 1. The number of amides is 2. The van der Waals surface area contributed by atoms with Crippen molar-refractivity contribution in [2.45, 2.75) is 43.0 Å². The first-order valence-corrected chi connectivity index (χ1v) is 13.0. The van der Waals surface area contributed by atoms with Crippen LogP contribution in [0, 0.1) is 29.0 Å². The fraction of sp³-hybridized carbons (Fsp3) is 0.417. The number of sulfonamides is 1. The molecule has 11 heteroatoms. The summed E-state index contributed by atoms with van der Waals surface area (Å²) in [6.07, 6.45) is 4.17. The smallest absolute Gasteiger partial charge is 0.573 e. The van der Waals surface area contributed by atoms with Gasteiger partial charge in [-0.15, -0.1) is 5.69 Å². The maximum atomic E-state index is 14.2. The molecule has 7 nitrogen and oxygen atoms in total. The van der Waals surface area contributed by atoms with E-state index < -0.39 is 26.2 Å². The van der Waals surface area contributed by atoms with Crippen molar-refractivity contribution < 1.29 is 52.0 Å². The maximum Gasteiger partial charge on any atom is 1.00 e. The molecule has 2 amide bonds. The van der Waals surface area contributed by atoms with Crippen LogP contribution in [0.2, 0.25) is 5.02 Å². The summed E-state index contributed by atoms with van der Waals surface area (Å²) in [5.41, 5.74) is 5.55. The van der Waals surface area contributed by atoms with Crippen LogP contribution in [0.15, 0.2) is 47.4 Å². The minimum atomic E-state index is -4.37. The molecule has 35 heavy (non-hydrogen) atoms. The maximum absolute atomic E-state index is 14.2. The molecule has 4 aliphatic carbocycles. The van der Waals surface area contributed by atoms with Gasteiger partial charge in [-0.1, -0.05) is 35.9 Å². The zero-order valence-electron chi connectivity index (χ0n) is 19.2. The average Bonchev–Trinajstić information content (AvgIpc) is 2.77. The number of nitrogens with two attached hydrogens (primary N) is 1. The van der Waals surface area contributed by atoms with Gasteiger partial charge in [0.2, 0.25) is 5.91 Å². The number of hydrogen-bond donors (Lipinski definition) is 2. The first kappa shape index (κ1) is 26.4. The van der Waals surface area contributed by atoms with E-state index in [1.54, 1.807) is 6.07 Å².